The largest absolute Gasteiger partial charge is 0.393 e. The Kier molecular flexibility index (Phi) is 1.54. The Labute approximate surface area is 68.8 Å². The van der Waals surface area contributed by atoms with Gasteiger partial charge in [-0.3, -0.25) is 0 Å². The predicted octanol–water partition coefficient (Wildman–Crippen LogP) is 2.19. The Hall–Kier alpha value is -0.0400. The van der Waals surface area contributed by atoms with Gasteiger partial charge in [-0.15, -0.1) is 0 Å². The van der Waals surface area contributed by atoms with Crippen molar-refractivity contribution in [3.8, 4) is 0 Å². The van der Waals surface area contributed by atoms with Crippen molar-refractivity contribution in [2.45, 2.75) is 45.6 Å². The van der Waals surface area contributed by atoms with Crippen molar-refractivity contribution in [3.05, 3.63) is 0 Å². The molecule has 2 rings (SSSR count). The highest BCUT2D eigenvalue weighted by molar-refractivity contribution is 5.13. The number of hydrogen-bond donors (Lipinski definition) is 1. The second-order valence-corrected chi connectivity index (χ2v) is 4.47. The zero-order valence-electron chi connectivity index (χ0n) is 7.51. The van der Waals surface area contributed by atoms with E-state index in [9.17, 15) is 5.11 Å². The average molecular weight is 154 g/mol. The van der Waals surface area contributed by atoms with Crippen LogP contribution in [0.1, 0.15) is 39.5 Å². The van der Waals surface area contributed by atoms with Crippen LogP contribution >= 0.6 is 0 Å². The van der Waals surface area contributed by atoms with Gasteiger partial charge in [-0.05, 0) is 36.5 Å². The third-order valence-electron chi connectivity index (χ3n) is 4.00. The third kappa shape index (κ3) is 0.868. The third-order valence-corrected chi connectivity index (χ3v) is 4.00. The molecule has 2 aliphatic rings. The predicted molar refractivity (Wildman–Crippen MR) is 45.2 cm³/mol. The fourth-order valence-corrected chi connectivity index (χ4v) is 3.37. The van der Waals surface area contributed by atoms with E-state index >= 15 is 0 Å². The zero-order chi connectivity index (χ0) is 8.06. The summed E-state index contributed by atoms with van der Waals surface area (Å²) < 4.78 is 0. The van der Waals surface area contributed by atoms with E-state index in [0.29, 0.717) is 5.41 Å². The van der Waals surface area contributed by atoms with E-state index in [-0.39, 0.29) is 6.10 Å². The lowest BCUT2D eigenvalue weighted by Gasteiger charge is -2.13. The highest BCUT2D eigenvalue weighted by Crippen LogP contribution is 2.70. The maximum atomic E-state index is 9.44. The molecule has 0 amide bonds. The molecular weight excluding hydrogens is 136 g/mol. The van der Waals surface area contributed by atoms with Crippen LogP contribution in [-0.2, 0) is 0 Å². The molecule has 1 N–H and O–H groups in total. The molecule has 0 aromatic heterocycles. The van der Waals surface area contributed by atoms with Crippen molar-refractivity contribution >= 4 is 0 Å². The summed E-state index contributed by atoms with van der Waals surface area (Å²) in [7, 11) is 0. The Morgan fingerprint density at radius 1 is 1.55 bits per heavy atom. The van der Waals surface area contributed by atoms with E-state index in [0.717, 1.165) is 24.7 Å². The average Bonchev–Trinajstić information content (AvgIpc) is 2.41. The van der Waals surface area contributed by atoms with Crippen LogP contribution in [0.4, 0.5) is 0 Å². The van der Waals surface area contributed by atoms with Gasteiger partial charge >= 0.3 is 0 Å². The molecule has 0 aliphatic heterocycles. The lowest BCUT2D eigenvalue weighted by molar-refractivity contribution is 0.148. The molecule has 64 valence electrons. The molecule has 3 unspecified atom stereocenters. The van der Waals surface area contributed by atoms with Gasteiger partial charge in [-0.2, -0.15) is 0 Å². The minimum Gasteiger partial charge on any atom is -0.393 e. The Morgan fingerprint density at radius 2 is 2.27 bits per heavy atom. The van der Waals surface area contributed by atoms with Crippen molar-refractivity contribution in [1.29, 1.82) is 0 Å². The lowest BCUT2D eigenvalue weighted by Crippen LogP contribution is -2.10. The summed E-state index contributed by atoms with van der Waals surface area (Å²) >= 11 is 0. The fraction of sp³-hybridized carbons (Fsp3) is 1.00. The van der Waals surface area contributed by atoms with Crippen LogP contribution in [0.3, 0.4) is 0 Å². The number of hydrogen-bond acceptors (Lipinski definition) is 1. The number of aliphatic hydroxyl groups is 1. The van der Waals surface area contributed by atoms with Crippen molar-refractivity contribution in [1.82, 2.24) is 0 Å². The van der Waals surface area contributed by atoms with Gasteiger partial charge in [0.15, 0.2) is 0 Å². The van der Waals surface area contributed by atoms with E-state index in [1.165, 1.54) is 12.8 Å². The highest BCUT2D eigenvalue weighted by atomic mass is 16.3. The molecule has 0 saturated heterocycles. The lowest BCUT2D eigenvalue weighted by atomic mass is 9.94. The molecule has 1 nitrogen and oxygen atoms in total. The molecule has 11 heavy (non-hydrogen) atoms. The molecule has 0 bridgehead atoms. The number of aliphatic hydroxyl groups excluding tert-OH is 1. The van der Waals surface area contributed by atoms with E-state index in [2.05, 4.69) is 13.8 Å². The Balaban J connectivity index is 2.03. The summed E-state index contributed by atoms with van der Waals surface area (Å²) in [4.78, 5) is 0. The number of fused-ring (bicyclic) bond motifs is 1. The van der Waals surface area contributed by atoms with Crippen molar-refractivity contribution in [2.75, 3.05) is 0 Å². The molecule has 0 aromatic rings. The standard InChI is InChI=1S/C10H18O/c1-3-4-10-6-8(11)5-9(10)7(10)2/h7-9,11H,3-6H2,1-2H3/t7-,8?,9?,10?/m0/s1. The second-order valence-electron chi connectivity index (χ2n) is 4.47. The first-order valence-corrected chi connectivity index (χ1v) is 4.89. The molecule has 0 radical (unpaired) electrons. The number of rotatable bonds is 2. The maximum absolute atomic E-state index is 9.44. The van der Waals surface area contributed by atoms with Crippen LogP contribution in [0.25, 0.3) is 0 Å². The van der Waals surface area contributed by atoms with Gasteiger partial charge in [0.25, 0.3) is 0 Å². The topological polar surface area (TPSA) is 20.2 Å². The van der Waals surface area contributed by atoms with Crippen LogP contribution in [0, 0.1) is 17.3 Å². The van der Waals surface area contributed by atoms with Crippen LogP contribution in [0.15, 0.2) is 0 Å². The van der Waals surface area contributed by atoms with E-state index in [1.54, 1.807) is 0 Å². The Bertz CT molecular complexity index is 166. The molecule has 2 fully saturated rings. The summed E-state index contributed by atoms with van der Waals surface area (Å²) in [6, 6.07) is 0. The van der Waals surface area contributed by atoms with Gasteiger partial charge in [0, 0.05) is 0 Å². The van der Waals surface area contributed by atoms with Gasteiger partial charge in [0.05, 0.1) is 6.10 Å². The monoisotopic (exact) mass is 154 g/mol. The highest BCUT2D eigenvalue weighted by Gasteiger charge is 2.65. The van der Waals surface area contributed by atoms with Crippen molar-refractivity contribution < 1.29 is 5.11 Å². The van der Waals surface area contributed by atoms with Crippen LogP contribution in [-0.4, -0.2) is 11.2 Å². The van der Waals surface area contributed by atoms with Gasteiger partial charge in [-0.25, -0.2) is 0 Å². The summed E-state index contributed by atoms with van der Waals surface area (Å²) in [5.41, 5.74) is 0.591. The first-order chi connectivity index (χ1) is 5.20. The second kappa shape index (κ2) is 2.22. The first kappa shape index (κ1) is 7.60. The molecule has 0 aromatic carbocycles. The van der Waals surface area contributed by atoms with Gasteiger partial charge in [-0.1, -0.05) is 20.3 Å². The fourth-order valence-electron chi connectivity index (χ4n) is 3.37. The maximum Gasteiger partial charge on any atom is 0.0548 e. The molecule has 0 spiro atoms. The van der Waals surface area contributed by atoms with Crippen LogP contribution in [0.5, 0.6) is 0 Å². The smallest absolute Gasteiger partial charge is 0.0548 e. The summed E-state index contributed by atoms with van der Waals surface area (Å²) in [5.74, 6) is 1.78. The summed E-state index contributed by atoms with van der Waals surface area (Å²) in [6.07, 6.45) is 4.83. The first-order valence-electron chi connectivity index (χ1n) is 4.89. The van der Waals surface area contributed by atoms with Crippen LogP contribution < -0.4 is 0 Å². The zero-order valence-corrected chi connectivity index (χ0v) is 7.51. The van der Waals surface area contributed by atoms with E-state index in [1.807, 2.05) is 0 Å². The van der Waals surface area contributed by atoms with Gasteiger partial charge < -0.3 is 5.11 Å². The van der Waals surface area contributed by atoms with E-state index in [4.69, 9.17) is 0 Å². The molecule has 2 saturated carbocycles. The van der Waals surface area contributed by atoms with E-state index < -0.39 is 0 Å². The summed E-state index contributed by atoms with van der Waals surface area (Å²) in [5, 5.41) is 9.44. The molecule has 4 atom stereocenters. The SMILES string of the molecule is CCCC12CC(O)CC1[C@@H]2C. The molecule has 1 heteroatoms. The van der Waals surface area contributed by atoms with Gasteiger partial charge in [0.1, 0.15) is 0 Å². The minimum absolute atomic E-state index is 0.0303. The molecule has 0 heterocycles. The van der Waals surface area contributed by atoms with Crippen molar-refractivity contribution in [2.24, 2.45) is 17.3 Å². The quantitative estimate of drug-likeness (QED) is 0.646. The Morgan fingerprint density at radius 3 is 2.82 bits per heavy atom. The van der Waals surface area contributed by atoms with Crippen LogP contribution in [0.2, 0.25) is 0 Å². The minimum atomic E-state index is 0.0303. The van der Waals surface area contributed by atoms with Gasteiger partial charge in [0.2, 0.25) is 0 Å². The molecular formula is C10H18O. The normalized spacial score (nSPS) is 54.3. The summed E-state index contributed by atoms with van der Waals surface area (Å²) in [6.45, 7) is 4.60. The van der Waals surface area contributed by atoms with Crippen molar-refractivity contribution in [3.63, 3.8) is 0 Å². The molecule has 2 aliphatic carbocycles.